The molecule has 1 unspecified atom stereocenters. The molecular weight excluding hydrogens is 268 g/mol. The normalized spacial score (nSPS) is 30.8. The number of anilines is 1. The van der Waals surface area contributed by atoms with Crippen molar-refractivity contribution in [1.29, 1.82) is 0 Å². The fourth-order valence-corrected chi connectivity index (χ4v) is 1.82. The molecule has 1 fully saturated rings. The van der Waals surface area contributed by atoms with Gasteiger partial charge in [0.15, 0.2) is 12.0 Å². The van der Waals surface area contributed by atoms with Crippen molar-refractivity contribution in [1.82, 2.24) is 9.55 Å². The number of ether oxygens (including phenoxy) is 1. The van der Waals surface area contributed by atoms with Gasteiger partial charge in [0.25, 0.3) is 0 Å². The molecular formula is C9H11F2N3O5. The second kappa shape index (κ2) is 4.81. The highest BCUT2D eigenvalue weighted by Gasteiger charge is 2.45. The van der Waals surface area contributed by atoms with Crippen LogP contribution >= 0.6 is 0 Å². The molecule has 0 amide bonds. The number of aromatic nitrogens is 2. The summed E-state index contributed by atoms with van der Waals surface area (Å²) in [7, 11) is 0. The topological polar surface area (TPSA) is 131 Å². The van der Waals surface area contributed by atoms with Crippen molar-refractivity contribution >= 4 is 5.82 Å². The molecule has 2 heterocycles. The lowest BCUT2D eigenvalue weighted by Gasteiger charge is -2.18. The summed E-state index contributed by atoms with van der Waals surface area (Å²) in [6, 6.07) is 0. The molecule has 0 aliphatic carbocycles. The number of aliphatic hydroxyl groups is 3. The average Bonchev–Trinajstić information content (AvgIpc) is 2.64. The van der Waals surface area contributed by atoms with Crippen LogP contribution in [0.4, 0.5) is 14.6 Å². The predicted octanol–water partition coefficient (Wildman–Crippen LogP) is -2.28. The Balaban J connectivity index is 2.49. The van der Waals surface area contributed by atoms with Crippen LogP contribution in [-0.4, -0.2) is 49.8 Å². The maximum Gasteiger partial charge on any atom is 0.354 e. The average molecular weight is 279 g/mol. The summed E-state index contributed by atoms with van der Waals surface area (Å²) in [5, 5.41) is 28.0. The fraction of sp³-hybridized carbons (Fsp3) is 0.556. The second-order valence-electron chi connectivity index (χ2n) is 3.98. The Kier molecular flexibility index (Phi) is 3.49. The van der Waals surface area contributed by atoms with E-state index in [2.05, 4.69) is 4.98 Å². The van der Waals surface area contributed by atoms with Gasteiger partial charge >= 0.3 is 5.69 Å². The second-order valence-corrected chi connectivity index (χ2v) is 3.98. The number of hydrogen-bond donors (Lipinski definition) is 4. The molecule has 106 valence electrons. The first-order valence-electron chi connectivity index (χ1n) is 5.24. The Bertz CT molecular complexity index is 551. The molecule has 1 saturated heterocycles. The SMILES string of the molecule is Nc1nc(=O)n(C2O[C@H](CO)[C@@H](O)[C@H]2O)c(F)c1F. The highest BCUT2D eigenvalue weighted by molar-refractivity contribution is 5.27. The molecule has 0 radical (unpaired) electrons. The van der Waals surface area contributed by atoms with Crippen molar-refractivity contribution in [3.8, 4) is 0 Å². The van der Waals surface area contributed by atoms with Crippen LogP contribution in [0.5, 0.6) is 0 Å². The van der Waals surface area contributed by atoms with Crippen LogP contribution in [0.25, 0.3) is 0 Å². The van der Waals surface area contributed by atoms with E-state index in [0.29, 0.717) is 0 Å². The van der Waals surface area contributed by atoms with E-state index >= 15 is 0 Å². The van der Waals surface area contributed by atoms with Crippen molar-refractivity contribution in [3.63, 3.8) is 0 Å². The van der Waals surface area contributed by atoms with Gasteiger partial charge in [-0.15, -0.1) is 0 Å². The number of hydrogen-bond acceptors (Lipinski definition) is 7. The van der Waals surface area contributed by atoms with Gasteiger partial charge in [-0.3, -0.25) is 0 Å². The van der Waals surface area contributed by atoms with Crippen LogP contribution < -0.4 is 11.4 Å². The third-order valence-corrected chi connectivity index (χ3v) is 2.81. The third-order valence-electron chi connectivity index (χ3n) is 2.81. The van der Waals surface area contributed by atoms with E-state index in [1.807, 2.05) is 0 Å². The van der Waals surface area contributed by atoms with Crippen LogP contribution in [0.15, 0.2) is 4.79 Å². The first-order chi connectivity index (χ1) is 8.88. The lowest BCUT2D eigenvalue weighted by atomic mass is 10.1. The number of nitrogens with zero attached hydrogens (tertiary/aromatic N) is 2. The van der Waals surface area contributed by atoms with Crippen molar-refractivity contribution in [2.45, 2.75) is 24.5 Å². The van der Waals surface area contributed by atoms with Gasteiger partial charge in [0, 0.05) is 0 Å². The minimum absolute atomic E-state index is 0.0925. The van der Waals surface area contributed by atoms with Gasteiger partial charge in [-0.2, -0.15) is 13.8 Å². The fourth-order valence-electron chi connectivity index (χ4n) is 1.82. The van der Waals surface area contributed by atoms with E-state index in [4.69, 9.17) is 15.6 Å². The van der Waals surface area contributed by atoms with Gasteiger partial charge < -0.3 is 25.8 Å². The Morgan fingerprint density at radius 2 is 2.00 bits per heavy atom. The molecule has 4 atom stereocenters. The Hall–Kier alpha value is -1.62. The number of halogens is 2. The van der Waals surface area contributed by atoms with E-state index in [-0.39, 0.29) is 4.57 Å². The molecule has 0 saturated carbocycles. The highest BCUT2D eigenvalue weighted by atomic mass is 19.2. The molecule has 0 spiro atoms. The Morgan fingerprint density at radius 1 is 1.37 bits per heavy atom. The Morgan fingerprint density at radius 3 is 2.53 bits per heavy atom. The third kappa shape index (κ3) is 2.08. The first-order valence-corrected chi connectivity index (χ1v) is 5.24. The summed E-state index contributed by atoms with van der Waals surface area (Å²) in [5.74, 6) is -4.17. The quantitative estimate of drug-likeness (QED) is 0.448. The number of rotatable bonds is 2. The molecule has 1 aromatic heterocycles. The van der Waals surface area contributed by atoms with Gasteiger partial charge in [-0.1, -0.05) is 0 Å². The van der Waals surface area contributed by atoms with Crippen LogP contribution in [0, 0.1) is 11.8 Å². The zero-order valence-corrected chi connectivity index (χ0v) is 9.40. The molecule has 10 heteroatoms. The summed E-state index contributed by atoms with van der Waals surface area (Å²) < 4.78 is 31.9. The first kappa shape index (κ1) is 13.8. The molecule has 1 aliphatic heterocycles. The van der Waals surface area contributed by atoms with E-state index in [1.165, 1.54) is 0 Å². The zero-order valence-electron chi connectivity index (χ0n) is 9.40. The standard InChI is InChI=1S/C9H11F2N3O5/c10-3-6(11)14(9(18)13-7(3)12)8-5(17)4(16)2(1-15)19-8/h2,4-5,8,15-17H,1H2,(H2,12,13,18)/t2-,4-,5-,8?/m1/s1. The molecule has 0 aromatic carbocycles. The molecule has 0 bridgehead atoms. The maximum atomic E-state index is 13.6. The van der Waals surface area contributed by atoms with Gasteiger partial charge in [-0.05, 0) is 0 Å². The zero-order chi connectivity index (χ0) is 14.3. The largest absolute Gasteiger partial charge is 0.394 e. The van der Waals surface area contributed by atoms with Crippen molar-refractivity contribution in [3.05, 3.63) is 22.2 Å². The lowest BCUT2D eigenvalue weighted by Crippen LogP contribution is -2.38. The van der Waals surface area contributed by atoms with E-state index < -0.39 is 54.4 Å². The Labute approximate surface area is 104 Å². The summed E-state index contributed by atoms with van der Waals surface area (Å²) in [4.78, 5) is 14.5. The number of nitrogen functional groups attached to an aromatic ring is 1. The lowest BCUT2D eigenvalue weighted by molar-refractivity contribution is -0.0607. The molecule has 8 nitrogen and oxygen atoms in total. The van der Waals surface area contributed by atoms with Crippen LogP contribution in [-0.2, 0) is 4.74 Å². The smallest absolute Gasteiger partial charge is 0.354 e. The van der Waals surface area contributed by atoms with Gasteiger partial charge in [0.2, 0.25) is 11.8 Å². The monoisotopic (exact) mass is 279 g/mol. The minimum atomic E-state index is -1.73. The molecule has 19 heavy (non-hydrogen) atoms. The van der Waals surface area contributed by atoms with Crippen molar-refractivity contribution in [2.75, 3.05) is 12.3 Å². The van der Waals surface area contributed by atoms with E-state index in [1.54, 1.807) is 0 Å². The summed E-state index contributed by atoms with van der Waals surface area (Å²) >= 11 is 0. The van der Waals surface area contributed by atoms with Gasteiger partial charge in [0.1, 0.15) is 18.3 Å². The molecule has 2 rings (SSSR count). The van der Waals surface area contributed by atoms with Crippen LogP contribution in [0.3, 0.4) is 0 Å². The van der Waals surface area contributed by atoms with Crippen molar-refractivity contribution < 1.29 is 28.8 Å². The summed E-state index contributed by atoms with van der Waals surface area (Å²) in [6.45, 7) is -0.671. The maximum absolute atomic E-state index is 13.6. The van der Waals surface area contributed by atoms with E-state index in [9.17, 15) is 23.8 Å². The van der Waals surface area contributed by atoms with E-state index in [0.717, 1.165) is 0 Å². The number of aliphatic hydroxyl groups excluding tert-OH is 3. The van der Waals surface area contributed by atoms with Crippen LogP contribution in [0.1, 0.15) is 6.23 Å². The van der Waals surface area contributed by atoms with Gasteiger partial charge in [-0.25, -0.2) is 9.36 Å². The summed E-state index contributed by atoms with van der Waals surface area (Å²) in [5.41, 5.74) is 3.69. The van der Waals surface area contributed by atoms with Gasteiger partial charge in [0.05, 0.1) is 6.61 Å². The minimum Gasteiger partial charge on any atom is -0.394 e. The van der Waals surface area contributed by atoms with Crippen LogP contribution in [0.2, 0.25) is 0 Å². The number of nitrogens with two attached hydrogens (primary N) is 1. The molecule has 1 aromatic rings. The summed E-state index contributed by atoms with van der Waals surface area (Å²) in [6.07, 6.45) is -6.22. The molecule has 5 N–H and O–H groups in total. The van der Waals surface area contributed by atoms with Crippen molar-refractivity contribution in [2.24, 2.45) is 0 Å². The highest BCUT2D eigenvalue weighted by Crippen LogP contribution is 2.29. The molecule has 1 aliphatic rings. The predicted molar refractivity (Wildman–Crippen MR) is 55.8 cm³/mol.